The van der Waals surface area contributed by atoms with Crippen molar-refractivity contribution in [1.29, 1.82) is 0 Å². The molecule has 0 aliphatic rings. The average molecular weight is 521 g/mol. The lowest BCUT2D eigenvalue weighted by molar-refractivity contribution is -0.141. The van der Waals surface area contributed by atoms with Crippen molar-refractivity contribution in [2.75, 3.05) is 5.73 Å². The maximum absolute atomic E-state index is 13.5. The number of anilines is 1. The van der Waals surface area contributed by atoms with E-state index in [9.17, 15) is 13.2 Å². The van der Waals surface area contributed by atoms with Crippen molar-refractivity contribution in [3.8, 4) is 22.4 Å². The molecule has 0 aliphatic carbocycles. The molecule has 2 aromatic carbocycles. The van der Waals surface area contributed by atoms with E-state index in [1.165, 1.54) is 24.3 Å². The summed E-state index contributed by atoms with van der Waals surface area (Å²) < 4.78 is 40.6. The molecule has 0 radical (unpaired) electrons. The van der Waals surface area contributed by atoms with Crippen molar-refractivity contribution in [1.82, 2.24) is 4.98 Å². The van der Waals surface area contributed by atoms with E-state index in [0.717, 1.165) is 6.07 Å². The molecule has 3 aromatic rings. The molecule has 152 valence electrons. The number of aromatic nitrogens is 1. The maximum Gasteiger partial charge on any atom is 0.433 e. The van der Waals surface area contributed by atoms with Crippen LogP contribution in [0.25, 0.3) is 22.4 Å². The number of hydrogen-bond acceptors (Lipinski definition) is 2. The lowest BCUT2D eigenvalue weighted by atomic mass is 9.99. The molecule has 2 N–H and O–H groups in total. The minimum absolute atomic E-state index is 0.0177. The van der Waals surface area contributed by atoms with E-state index in [0.29, 0.717) is 0 Å². The third kappa shape index (κ3) is 4.50. The Morgan fingerprint density at radius 2 is 1.07 bits per heavy atom. The predicted octanol–water partition coefficient (Wildman–Crippen LogP) is 8.94. The molecule has 1 aromatic heterocycles. The van der Waals surface area contributed by atoms with Crippen molar-refractivity contribution in [2.24, 2.45) is 0 Å². The molecule has 0 saturated carbocycles. The van der Waals surface area contributed by atoms with Gasteiger partial charge in [0.1, 0.15) is 5.69 Å². The van der Waals surface area contributed by atoms with E-state index in [4.69, 9.17) is 75.3 Å². The van der Waals surface area contributed by atoms with Gasteiger partial charge in [0.15, 0.2) is 0 Å². The Balaban J connectivity index is 2.39. The lowest BCUT2D eigenvalue weighted by Crippen LogP contribution is -2.11. The fraction of sp³-hybridized carbons (Fsp3) is 0.0556. The van der Waals surface area contributed by atoms with Crippen LogP contribution in [0.2, 0.25) is 30.1 Å². The molecule has 1 heterocycles. The molecule has 0 amide bonds. The van der Waals surface area contributed by atoms with Crippen LogP contribution in [-0.2, 0) is 6.18 Å². The van der Waals surface area contributed by atoms with E-state index in [2.05, 4.69) is 4.98 Å². The number of rotatable bonds is 2. The third-order valence-electron chi connectivity index (χ3n) is 3.91. The van der Waals surface area contributed by atoms with Crippen molar-refractivity contribution >= 4 is 75.3 Å². The largest absolute Gasteiger partial charge is 0.433 e. The van der Waals surface area contributed by atoms with E-state index in [1.54, 1.807) is 0 Å². The summed E-state index contributed by atoms with van der Waals surface area (Å²) in [7, 11) is 0. The number of halogens is 9. The molecule has 2 nitrogen and oxygen atoms in total. The zero-order valence-corrected chi connectivity index (χ0v) is 18.3. The smallest absolute Gasteiger partial charge is 0.396 e. The third-order valence-corrected chi connectivity index (χ3v) is 5.98. The van der Waals surface area contributed by atoms with Crippen molar-refractivity contribution in [3.05, 3.63) is 66.2 Å². The van der Waals surface area contributed by atoms with Crippen molar-refractivity contribution < 1.29 is 13.2 Å². The van der Waals surface area contributed by atoms with Crippen LogP contribution in [0.1, 0.15) is 5.69 Å². The molecule has 0 atom stereocenters. The highest BCUT2D eigenvalue weighted by Gasteiger charge is 2.35. The quantitative estimate of drug-likeness (QED) is 0.342. The zero-order valence-electron chi connectivity index (χ0n) is 13.8. The predicted molar refractivity (Wildman–Crippen MR) is 115 cm³/mol. The molecule has 0 unspecified atom stereocenters. The van der Waals surface area contributed by atoms with Gasteiger partial charge < -0.3 is 5.73 Å². The van der Waals surface area contributed by atoms with Gasteiger partial charge in [-0.05, 0) is 30.3 Å². The first-order valence-electron chi connectivity index (χ1n) is 7.57. The molecule has 0 aliphatic heterocycles. The van der Waals surface area contributed by atoms with Crippen LogP contribution in [0.4, 0.5) is 18.9 Å². The second kappa shape index (κ2) is 8.22. The van der Waals surface area contributed by atoms with Crippen LogP contribution in [0.15, 0.2) is 30.3 Å². The van der Waals surface area contributed by atoms with Gasteiger partial charge >= 0.3 is 6.18 Å². The summed E-state index contributed by atoms with van der Waals surface area (Å²) in [5.41, 5.74) is 4.78. The Hall–Kier alpha value is -1.08. The Morgan fingerprint density at radius 3 is 1.59 bits per heavy atom. The monoisotopic (exact) mass is 518 g/mol. The second-order valence-electron chi connectivity index (χ2n) is 5.81. The molecule has 3 rings (SSSR count). The lowest BCUT2D eigenvalue weighted by Gasteiger charge is -2.17. The standard InChI is InChI=1S/C18H7Cl6F3N2/c19-9-4-13(23)11(21)1-6(9)7-3-15(18(25,26)27)29-17(16(7)28)8-2-12(22)14(24)5-10(8)20/h1-5H,28H2. The summed E-state index contributed by atoms with van der Waals surface area (Å²) in [5, 5.41) is 0.486. The van der Waals surface area contributed by atoms with Gasteiger partial charge in [0.25, 0.3) is 0 Å². The second-order valence-corrected chi connectivity index (χ2v) is 8.25. The van der Waals surface area contributed by atoms with Gasteiger partial charge in [-0.1, -0.05) is 69.6 Å². The molecule has 29 heavy (non-hydrogen) atoms. The van der Waals surface area contributed by atoms with Gasteiger partial charge in [-0.2, -0.15) is 13.2 Å². The molecule has 0 saturated heterocycles. The topological polar surface area (TPSA) is 38.9 Å². The summed E-state index contributed by atoms with van der Waals surface area (Å²) >= 11 is 36.2. The Bertz CT molecular complexity index is 1050. The summed E-state index contributed by atoms with van der Waals surface area (Å²) in [6.07, 6.45) is -4.78. The molecular formula is C18H7Cl6F3N2. The highest BCUT2D eigenvalue weighted by atomic mass is 35.5. The van der Waals surface area contributed by atoms with E-state index in [-0.39, 0.29) is 58.2 Å². The number of pyridine rings is 1. The van der Waals surface area contributed by atoms with E-state index < -0.39 is 11.9 Å². The average Bonchev–Trinajstić information content (AvgIpc) is 2.61. The van der Waals surface area contributed by atoms with Crippen LogP contribution in [0.5, 0.6) is 0 Å². The summed E-state index contributed by atoms with van der Waals surface area (Å²) in [6, 6.07) is 5.97. The van der Waals surface area contributed by atoms with Crippen molar-refractivity contribution in [3.63, 3.8) is 0 Å². The van der Waals surface area contributed by atoms with E-state index >= 15 is 0 Å². The van der Waals surface area contributed by atoms with Crippen LogP contribution >= 0.6 is 69.6 Å². The number of nitrogen functional groups attached to an aromatic ring is 1. The first-order chi connectivity index (χ1) is 13.4. The summed E-state index contributed by atoms with van der Waals surface area (Å²) in [6.45, 7) is 0. The normalized spacial score (nSPS) is 11.8. The Kier molecular flexibility index (Phi) is 6.40. The Labute approximate surface area is 193 Å². The fourth-order valence-electron chi connectivity index (χ4n) is 2.56. The summed E-state index contributed by atoms with van der Waals surface area (Å²) in [4.78, 5) is 3.66. The van der Waals surface area contributed by atoms with Crippen molar-refractivity contribution in [2.45, 2.75) is 6.18 Å². The fourth-order valence-corrected chi connectivity index (χ4v) is 3.85. The maximum atomic E-state index is 13.5. The number of alkyl halides is 3. The van der Waals surface area contributed by atoms with Gasteiger partial charge in [-0.25, -0.2) is 4.98 Å². The van der Waals surface area contributed by atoms with Gasteiger partial charge in [0.2, 0.25) is 0 Å². The highest BCUT2D eigenvalue weighted by Crippen LogP contribution is 2.45. The number of hydrogen-bond donors (Lipinski definition) is 1. The minimum Gasteiger partial charge on any atom is -0.396 e. The van der Waals surface area contributed by atoms with Crippen LogP contribution in [-0.4, -0.2) is 4.98 Å². The molecule has 11 heteroatoms. The first kappa shape index (κ1) is 22.6. The molecule has 0 spiro atoms. The summed E-state index contributed by atoms with van der Waals surface area (Å²) in [5.74, 6) is 0. The number of nitrogens with zero attached hydrogens (tertiary/aromatic N) is 1. The van der Waals surface area contributed by atoms with Gasteiger partial charge in [0, 0.05) is 16.7 Å². The van der Waals surface area contributed by atoms with Crippen LogP contribution < -0.4 is 5.73 Å². The number of nitrogens with two attached hydrogens (primary N) is 1. The Morgan fingerprint density at radius 1 is 0.621 bits per heavy atom. The molecular weight excluding hydrogens is 514 g/mol. The molecule has 0 bridgehead atoms. The molecule has 0 fully saturated rings. The van der Waals surface area contributed by atoms with Gasteiger partial charge in [-0.3, -0.25) is 0 Å². The first-order valence-corrected chi connectivity index (χ1v) is 9.84. The van der Waals surface area contributed by atoms with E-state index in [1.807, 2.05) is 0 Å². The highest BCUT2D eigenvalue weighted by molar-refractivity contribution is 6.45. The van der Waals surface area contributed by atoms with Crippen LogP contribution in [0, 0.1) is 0 Å². The minimum atomic E-state index is -4.78. The zero-order chi connectivity index (χ0) is 21.7. The SMILES string of the molecule is Nc1c(-c2cc(Cl)c(Cl)cc2Cl)cc(C(F)(F)F)nc1-c1cc(Cl)c(Cl)cc1Cl. The number of benzene rings is 2. The van der Waals surface area contributed by atoms with Gasteiger partial charge in [-0.15, -0.1) is 0 Å². The van der Waals surface area contributed by atoms with Crippen LogP contribution in [0.3, 0.4) is 0 Å². The van der Waals surface area contributed by atoms with Gasteiger partial charge in [0.05, 0.1) is 41.5 Å².